The molecule has 0 spiro atoms. The van der Waals surface area contributed by atoms with E-state index in [-0.39, 0.29) is 22.9 Å². The summed E-state index contributed by atoms with van der Waals surface area (Å²) in [5.41, 5.74) is 11.1. The Kier molecular flexibility index (Phi) is 11.0. The van der Waals surface area contributed by atoms with Gasteiger partial charge in [-0.15, -0.1) is 15.6 Å². The van der Waals surface area contributed by atoms with Crippen molar-refractivity contribution in [3.63, 3.8) is 0 Å². The fraction of sp³-hybridized carbons (Fsp3) is 0.481. The van der Waals surface area contributed by atoms with Crippen molar-refractivity contribution in [2.24, 2.45) is 15.9 Å². The first-order chi connectivity index (χ1) is 22.1. The van der Waals surface area contributed by atoms with Crippen LogP contribution in [0.5, 0.6) is 0 Å². The van der Waals surface area contributed by atoms with Crippen molar-refractivity contribution < 1.29 is 46.3 Å². The van der Waals surface area contributed by atoms with Crippen LogP contribution in [-0.2, 0) is 38.6 Å². The van der Waals surface area contributed by atoms with Crippen LogP contribution in [0.1, 0.15) is 45.2 Å². The molecule has 4 rings (SSSR count). The number of hydrogen-bond donors (Lipinski definition) is 6. The Morgan fingerprint density at radius 3 is 2.55 bits per heavy atom. The number of hydroxylamine groups is 2. The van der Waals surface area contributed by atoms with E-state index in [1.807, 2.05) is 6.20 Å². The molecule has 2 atom stereocenters. The molecular weight excluding hydrogens is 660 g/mol. The van der Waals surface area contributed by atoms with E-state index >= 15 is 0 Å². The number of aliphatic carboxylic acids is 1. The first-order valence-electron chi connectivity index (χ1n) is 14.3. The number of carboxylic acid groups (broad SMARTS) is 1. The molecule has 20 heteroatoms. The summed E-state index contributed by atoms with van der Waals surface area (Å²) in [5.74, 6) is -3.15. The van der Waals surface area contributed by atoms with Gasteiger partial charge in [0.2, 0.25) is 0 Å². The Morgan fingerprint density at radius 1 is 1.28 bits per heavy atom. The van der Waals surface area contributed by atoms with Crippen molar-refractivity contribution in [3.8, 4) is 0 Å². The minimum atomic E-state index is -5.02. The van der Waals surface area contributed by atoms with Crippen LogP contribution in [0.3, 0.4) is 0 Å². The predicted octanol–water partition coefficient (Wildman–Crippen LogP) is 0.0237. The summed E-state index contributed by atoms with van der Waals surface area (Å²) < 4.78 is 41.2. The summed E-state index contributed by atoms with van der Waals surface area (Å²) >= 11 is 0.959. The highest BCUT2D eigenvalue weighted by atomic mass is 32.3. The molecule has 0 aromatic carbocycles. The maximum Gasteiger partial charge on any atom is 0.418 e. The number of rotatable bonds is 13. The predicted molar refractivity (Wildman–Crippen MR) is 169 cm³/mol. The van der Waals surface area contributed by atoms with Gasteiger partial charge in [-0.25, -0.2) is 9.78 Å². The summed E-state index contributed by atoms with van der Waals surface area (Å²) in [6.07, 6.45) is 8.90. The van der Waals surface area contributed by atoms with Crippen molar-refractivity contribution in [3.05, 3.63) is 46.8 Å². The lowest BCUT2D eigenvalue weighted by atomic mass is 9.84. The van der Waals surface area contributed by atoms with E-state index in [0.29, 0.717) is 16.5 Å². The number of anilines is 1. The highest BCUT2D eigenvalue weighted by Gasteiger charge is 2.58. The van der Waals surface area contributed by atoms with Crippen LogP contribution in [0.15, 0.2) is 51.3 Å². The van der Waals surface area contributed by atoms with Crippen molar-refractivity contribution in [1.82, 2.24) is 20.7 Å². The lowest BCUT2D eigenvalue weighted by molar-refractivity contribution is -0.218. The monoisotopic (exact) mass is 696 g/mol. The zero-order valence-corrected chi connectivity index (χ0v) is 27.3. The standard InChI is InChI=1S/C27H36N8O10S2/c1-27(2)22(24(37)35(27)45-47(40,41)42)33-23(36)21(19-13-46-26(29)32-19)34-44-20(25(38)39)12-43-17-8-9-18(30-3)14(10-17)11-31-16-6-4-15(28)5-7-16/h8-11,13,15-16,20,22,31H,4-7,12,28H2,1-3H3,(H2,29,32)(H,33,36)(H,38,39)(H,40,41,42)/b14-11-,30-18+,34-21-/t15-,16+,20-,22+/m0/s1. The van der Waals surface area contributed by atoms with Crippen molar-refractivity contribution in [2.45, 2.75) is 69.3 Å². The SMILES string of the molecule is C/N=C1\C=CC(OC[C@H](O/N=C(\C(=O)N[C@@H]2C(=O)N(OS(=O)(=O)O)C2(C)C)c2csc(N)n2)C(=O)O)=C\C1=C\N[C@H]1CC[C@@H](N)CC1. The number of allylic oxidation sites excluding steroid dienone is 4. The van der Waals surface area contributed by atoms with Gasteiger partial charge < -0.3 is 36.8 Å². The number of carbonyl (C=O) groups is 3. The summed E-state index contributed by atoms with van der Waals surface area (Å²) in [4.78, 5) is 51.3. The van der Waals surface area contributed by atoms with E-state index in [9.17, 15) is 27.9 Å². The number of nitrogen functional groups attached to an aromatic ring is 1. The number of nitrogens with two attached hydrogens (primary N) is 2. The molecule has 256 valence electrons. The van der Waals surface area contributed by atoms with E-state index in [1.54, 1.807) is 25.3 Å². The third kappa shape index (κ3) is 8.92. The lowest BCUT2D eigenvalue weighted by Crippen LogP contribution is -2.76. The van der Waals surface area contributed by atoms with Crippen molar-refractivity contribution in [2.75, 3.05) is 19.4 Å². The van der Waals surface area contributed by atoms with Crippen LogP contribution in [0.25, 0.3) is 0 Å². The minimum Gasteiger partial charge on any atom is -0.489 e. The molecule has 2 heterocycles. The molecule has 47 heavy (non-hydrogen) atoms. The molecule has 1 aromatic rings. The molecule has 2 aliphatic carbocycles. The summed E-state index contributed by atoms with van der Waals surface area (Å²) in [5, 5.41) is 21.1. The number of amides is 2. The van der Waals surface area contributed by atoms with E-state index in [1.165, 1.54) is 19.2 Å². The Hall–Kier alpha value is -4.37. The summed E-state index contributed by atoms with van der Waals surface area (Å²) in [6.45, 7) is 2.21. The van der Waals surface area contributed by atoms with Crippen LogP contribution in [-0.4, -0.2) is 101 Å². The van der Waals surface area contributed by atoms with Crippen LogP contribution in [0.4, 0.5) is 5.13 Å². The Labute approximate surface area is 274 Å². The molecule has 1 saturated carbocycles. The van der Waals surface area contributed by atoms with Gasteiger partial charge in [0.15, 0.2) is 10.8 Å². The lowest BCUT2D eigenvalue weighted by Gasteiger charge is -2.50. The summed E-state index contributed by atoms with van der Waals surface area (Å²) in [6, 6.07) is -0.847. The second-order valence-corrected chi connectivity index (χ2v) is 13.2. The van der Waals surface area contributed by atoms with Gasteiger partial charge in [0.1, 0.15) is 24.1 Å². The normalized spacial score (nSPS) is 25.2. The van der Waals surface area contributed by atoms with Crippen LogP contribution >= 0.6 is 11.3 Å². The molecule has 1 aliphatic heterocycles. The maximum absolute atomic E-state index is 13.3. The second-order valence-electron chi connectivity index (χ2n) is 11.3. The highest BCUT2D eigenvalue weighted by Crippen LogP contribution is 2.33. The third-order valence-corrected chi connectivity index (χ3v) is 8.55. The molecule has 0 unspecified atom stereocenters. The Bertz CT molecular complexity index is 1640. The Morgan fingerprint density at radius 2 is 1.98 bits per heavy atom. The quantitative estimate of drug-likeness (QED) is 0.0687. The fourth-order valence-corrected chi connectivity index (χ4v) is 5.89. The van der Waals surface area contributed by atoms with Crippen LogP contribution < -0.4 is 22.1 Å². The average Bonchev–Trinajstić information content (AvgIpc) is 3.44. The number of carbonyl (C=O) groups excluding carboxylic acids is 2. The van der Waals surface area contributed by atoms with Gasteiger partial charge in [-0.05, 0) is 57.8 Å². The van der Waals surface area contributed by atoms with E-state index in [2.05, 4.69) is 30.0 Å². The number of hydrogen-bond acceptors (Lipinski definition) is 15. The molecule has 8 N–H and O–H groups in total. The first-order valence-corrected chi connectivity index (χ1v) is 16.5. The van der Waals surface area contributed by atoms with Gasteiger partial charge in [0, 0.05) is 36.3 Å². The Balaban J connectivity index is 1.46. The minimum absolute atomic E-state index is 0.0582. The molecule has 0 bridgehead atoms. The zero-order valence-electron chi connectivity index (χ0n) is 25.7. The van der Waals surface area contributed by atoms with Gasteiger partial charge in [-0.3, -0.25) is 19.1 Å². The number of aliphatic imine (C=N–C) groups is 1. The zero-order chi connectivity index (χ0) is 34.5. The van der Waals surface area contributed by atoms with Gasteiger partial charge >= 0.3 is 16.4 Å². The summed E-state index contributed by atoms with van der Waals surface area (Å²) in [7, 11) is -3.37. The molecular formula is C27H36N8O10S2. The molecule has 18 nitrogen and oxygen atoms in total. The van der Waals surface area contributed by atoms with Crippen molar-refractivity contribution in [1.29, 1.82) is 0 Å². The second kappa shape index (κ2) is 14.6. The van der Waals surface area contributed by atoms with Gasteiger partial charge in [0.25, 0.3) is 17.9 Å². The smallest absolute Gasteiger partial charge is 0.418 e. The van der Waals surface area contributed by atoms with Crippen LogP contribution in [0, 0.1) is 0 Å². The maximum atomic E-state index is 13.3. The molecule has 1 saturated heterocycles. The molecule has 0 radical (unpaired) electrons. The number of thiazole rings is 1. The van der Waals surface area contributed by atoms with Gasteiger partial charge in [-0.2, -0.15) is 13.5 Å². The van der Waals surface area contributed by atoms with Crippen molar-refractivity contribution >= 4 is 56.1 Å². The van der Waals surface area contributed by atoms with E-state index < -0.39 is 58.2 Å². The number of carboxylic acids is 1. The molecule has 1 aromatic heterocycles. The first kappa shape index (κ1) is 35.5. The fourth-order valence-electron chi connectivity index (χ4n) is 4.89. The molecule has 2 fully saturated rings. The highest BCUT2D eigenvalue weighted by molar-refractivity contribution is 7.80. The number of ether oxygens (including phenoxy) is 1. The topological polar surface area (TPSA) is 270 Å². The number of aromatic nitrogens is 1. The third-order valence-electron chi connectivity index (χ3n) is 7.54. The number of oxime groups is 1. The van der Waals surface area contributed by atoms with Crippen LogP contribution in [0.2, 0.25) is 0 Å². The molecule has 2 amide bonds. The van der Waals surface area contributed by atoms with E-state index in [0.717, 1.165) is 42.6 Å². The average molecular weight is 697 g/mol. The number of nitrogens with one attached hydrogen (secondary N) is 2. The number of β-lactam (4-membered cyclic amide) rings is 1. The van der Waals surface area contributed by atoms with Gasteiger partial charge in [-0.1, -0.05) is 5.16 Å². The van der Waals surface area contributed by atoms with Gasteiger partial charge in [0.05, 0.1) is 11.3 Å². The molecule has 3 aliphatic rings. The van der Waals surface area contributed by atoms with E-state index in [4.69, 9.17) is 25.6 Å². The largest absolute Gasteiger partial charge is 0.489 e. The number of nitrogens with zero attached hydrogens (tertiary/aromatic N) is 4.